The van der Waals surface area contributed by atoms with Crippen molar-refractivity contribution in [2.24, 2.45) is 11.8 Å². The molecule has 1 aromatic carbocycles. The summed E-state index contributed by atoms with van der Waals surface area (Å²) < 4.78 is 6.45. The molecule has 2 saturated heterocycles. The summed E-state index contributed by atoms with van der Waals surface area (Å²) in [5, 5.41) is 11.2. The van der Waals surface area contributed by atoms with E-state index in [9.17, 15) is 5.11 Å². The molecular weight excluding hydrogens is 310 g/mol. The van der Waals surface area contributed by atoms with Gasteiger partial charge >= 0.3 is 0 Å². The maximum atomic E-state index is 10.0. The van der Waals surface area contributed by atoms with Crippen LogP contribution < -0.4 is 0 Å². The number of hydrogen-bond acceptors (Lipinski definition) is 3. The first-order chi connectivity index (χ1) is 12.2. The second-order valence-electron chi connectivity index (χ2n) is 8.57. The van der Waals surface area contributed by atoms with Crippen molar-refractivity contribution >= 4 is 11.0 Å². The Morgan fingerprint density at radius 2 is 2.12 bits per heavy atom. The first-order valence-corrected chi connectivity index (χ1v) is 10.2. The summed E-state index contributed by atoms with van der Waals surface area (Å²) in [6, 6.07) is 6.90. The molecule has 1 aliphatic carbocycles. The van der Waals surface area contributed by atoms with Gasteiger partial charge in [-0.1, -0.05) is 26.7 Å². The number of furan rings is 1. The van der Waals surface area contributed by atoms with Crippen molar-refractivity contribution in [1.82, 2.24) is 4.90 Å². The molecule has 0 spiro atoms. The first-order valence-electron chi connectivity index (χ1n) is 10.2. The van der Waals surface area contributed by atoms with Crippen LogP contribution in [0.25, 0.3) is 11.0 Å². The average Bonchev–Trinajstić information content (AvgIpc) is 2.94. The van der Waals surface area contributed by atoms with Crippen molar-refractivity contribution in [3.8, 4) is 5.75 Å². The van der Waals surface area contributed by atoms with E-state index in [0.29, 0.717) is 23.8 Å². The SMILES string of the molecule is CCC[C@@H]1Cc2c(oc3ccc(O)cc23)[C@@H]2C[C@@H]3C[C@H](CC)C2N1C3. The van der Waals surface area contributed by atoms with Gasteiger partial charge in [0.15, 0.2) is 0 Å². The van der Waals surface area contributed by atoms with E-state index in [0.717, 1.165) is 29.2 Å². The third kappa shape index (κ3) is 2.28. The van der Waals surface area contributed by atoms with Gasteiger partial charge in [-0.3, -0.25) is 4.90 Å². The number of piperidine rings is 2. The molecule has 3 fully saturated rings. The quantitative estimate of drug-likeness (QED) is 0.848. The molecule has 3 heteroatoms. The molecule has 4 bridgehead atoms. The lowest BCUT2D eigenvalue weighted by Gasteiger charge is -2.55. The number of benzene rings is 1. The molecule has 4 heterocycles. The summed E-state index contributed by atoms with van der Waals surface area (Å²) in [6.45, 7) is 5.96. The first kappa shape index (κ1) is 15.7. The second-order valence-corrected chi connectivity index (χ2v) is 8.57. The molecule has 25 heavy (non-hydrogen) atoms. The van der Waals surface area contributed by atoms with Gasteiger partial charge in [0.05, 0.1) is 0 Å². The van der Waals surface area contributed by atoms with Crippen LogP contribution in [0.4, 0.5) is 0 Å². The van der Waals surface area contributed by atoms with Gasteiger partial charge in [-0.05, 0) is 55.7 Å². The van der Waals surface area contributed by atoms with Gasteiger partial charge < -0.3 is 9.52 Å². The van der Waals surface area contributed by atoms with Crippen LogP contribution in [-0.2, 0) is 6.42 Å². The fourth-order valence-electron chi connectivity index (χ4n) is 6.24. The Bertz CT molecular complexity index is 795. The highest BCUT2D eigenvalue weighted by atomic mass is 16.3. The third-order valence-corrected chi connectivity index (χ3v) is 7.17. The zero-order valence-corrected chi connectivity index (χ0v) is 15.4. The smallest absolute Gasteiger partial charge is 0.134 e. The Balaban J connectivity index is 1.69. The van der Waals surface area contributed by atoms with Gasteiger partial charge in [0.1, 0.15) is 17.1 Å². The van der Waals surface area contributed by atoms with E-state index in [1.165, 1.54) is 50.0 Å². The largest absolute Gasteiger partial charge is 0.508 e. The summed E-state index contributed by atoms with van der Waals surface area (Å²) >= 11 is 0. The van der Waals surface area contributed by atoms with Gasteiger partial charge in [-0.25, -0.2) is 0 Å². The van der Waals surface area contributed by atoms with Crippen molar-refractivity contribution in [3.63, 3.8) is 0 Å². The number of nitrogens with zero attached hydrogens (tertiary/aromatic N) is 1. The highest BCUT2D eigenvalue weighted by Gasteiger charge is 2.51. The minimum atomic E-state index is 0.351. The van der Waals surface area contributed by atoms with E-state index in [-0.39, 0.29) is 0 Å². The van der Waals surface area contributed by atoms with E-state index in [4.69, 9.17) is 4.42 Å². The van der Waals surface area contributed by atoms with Crippen LogP contribution in [0.3, 0.4) is 0 Å². The molecule has 4 aliphatic rings. The number of aromatic hydroxyl groups is 1. The highest BCUT2D eigenvalue weighted by molar-refractivity contribution is 5.84. The standard InChI is InChI=1S/C22H29NO2/c1-3-5-15-10-18-17-11-16(24)6-7-20(17)25-22(18)19-9-13-8-14(4-2)21(19)23(15)12-13/h6-7,11,13-15,19,21,24H,3-5,8-10,12H2,1-2H3/t13-,14-,15+,19+,21?/m0/s1. The van der Waals surface area contributed by atoms with E-state index < -0.39 is 0 Å². The average molecular weight is 339 g/mol. The molecule has 2 unspecified atom stereocenters. The zero-order chi connectivity index (χ0) is 17.1. The number of rotatable bonds is 3. The lowest BCUT2D eigenvalue weighted by atomic mass is 9.65. The van der Waals surface area contributed by atoms with E-state index in [1.54, 1.807) is 6.07 Å². The van der Waals surface area contributed by atoms with Crippen LogP contribution in [0.5, 0.6) is 5.75 Å². The van der Waals surface area contributed by atoms with Crippen molar-refractivity contribution in [3.05, 3.63) is 29.5 Å². The van der Waals surface area contributed by atoms with Crippen LogP contribution in [-0.4, -0.2) is 28.6 Å². The fourth-order valence-corrected chi connectivity index (χ4v) is 6.24. The molecular formula is C22H29NO2. The topological polar surface area (TPSA) is 36.6 Å². The molecule has 134 valence electrons. The monoisotopic (exact) mass is 339 g/mol. The van der Waals surface area contributed by atoms with Crippen molar-refractivity contribution in [1.29, 1.82) is 0 Å². The van der Waals surface area contributed by atoms with Gasteiger partial charge in [-0.2, -0.15) is 0 Å². The number of fused-ring (bicyclic) bond motifs is 4. The molecule has 6 atom stereocenters. The minimum Gasteiger partial charge on any atom is -0.508 e. The van der Waals surface area contributed by atoms with Crippen LogP contribution in [0.2, 0.25) is 0 Å². The molecule has 0 radical (unpaired) electrons. The fraction of sp³-hybridized carbons (Fsp3) is 0.636. The summed E-state index contributed by atoms with van der Waals surface area (Å²) in [4.78, 5) is 2.87. The third-order valence-electron chi connectivity index (χ3n) is 7.17. The number of hydrogen-bond donors (Lipinski definition) is 1. The molecule has 1 saturated carbocycles. The van der Waals surface area contributed by atoms with Crippen LogP contribution in [0.1, 0.15) is 63.2 Å². The summed E-state index contributed by atoms with van der Waals surface area (Å²) in [5.74, 6) is 3.78. The van der Waals surface area contributed by atoms with Crippen LogP contribution in [0.15, 0.2) is 22.6 Å². The van der Waals surface area contributed by atoms with E-state index >= 15 is 0 Å². The van der Waals surface area contributed by atoms with Gasteiger partial charge in [-0.15, -0.1) is 0 Å². The molecule has 3 aliphatic heterocycles. The lowest BCUT2D eigenvalue weighted by Crippen LogP contribution is -2.59. The Labute approximate surface area is 150 Å². The number of phenolic OH excluding ortho intramolecular Hbond substituents is 1. The summed E-state index contributed by atoms with van der Waals surface area (Å²) in [5.41, 5.74) is 2.35. The molecule has 1 aromatic heterocycles. The second kappa shape index (κ2) is 5.77. The molecule has 1 N–H and O–H groups in total. The molecule has 3 nitrogen and oxygen atoms in total. The zero-order valence-electron chi connectivity index (χ0n) is 15.4. The van der Waals surface area contributed by atoms with Gasteiger partial charge in [0.25, 0.3) is 0 Å². The maximum Gasteiger partial charge on any atom is 0.134 e. The van der Waals surface area contributed by atoms with Gasteiger partial charge in [0, 0.05) is 35.5 Å². The normalized spacial score (nSPS) is 36.4. The Morgan fingerprint density at radius 3 is 2.92 bits per heavy atom. The Kier molecular flexibility index (Phi) is 3.63. The predicted molar refractivity (Wildman–Crippen MR) is 100 cm³/mol. The van der Waals surface area contributed by atoms with E-state index in [1.807, 2.05) is 12.1 Å². The highest BCUT2D eigenvalue weighted by Crippen LogP contribution is 2.53. The molecule has 6 rings (SSSR count). The molecule has 0 amide bonds. The predicted octanol–water partition coefficient (Wildman–Crippen LogP) is 5.07. The maximum absolute atomic E-state index is 10.0. The van der Waals surface area contributed by atoms with Crippen molar-refractivity contribution in [2.75, 3.05) is 6.54 Å². The molecule has 2 aromatic rings. The van der Waals surface area contributed by atoms with E-state index in [2.05, 4.69) is 18.7 Å². The van der Waals surface area contributed by atoms with Crippen molar-refractivity contribution < 1.29 is 9.52 Å². The van der Waals surface area contributed by atoms with Crippen LogP contribution >= 0.6 is 0 Å². The van der Waals surface area contributed by atoms with Gasteiger partial charge in [0.2, 0.25) is 0 Å². The number of phenols is 1. The Hall–Kier alpha value is -1.48. The Morgan fingerprint density at radius 1 is 1.24 bits per heavy atom. The minimum absolute atomic E-state index is 0.351. The summed E-state index contributed by atoms with van der Waals surface area (Å²) in [7, 11) is 0. The lowest BCUT2D eigenvalue weighted by molar-refractivity contribution is -0.0443. The summed E-state index contributed by atoms with van der Waals surface area (Å²) in [6.07, 6.45) is 7.55. The van der Waals surface area contributed by atoms with Crippen molar-refractivity contribution in [2.45, 2.75) is 70.4 Å². The van der Waals surface area contributed by atoms with Crippen LogP contribution in [0, 0.1) is 11.8 Å².